The zero-order chi connectivity index (χ0) is 13.7. The van der Waals surface area contributed by atoms with Crippen molar-refractivity contribution in [2.75, 3.05) is 12.4 Å². The molecule has 0 fully saturated rings. The number of pyridine rings is 1. The molecule has 2 rings (SSSR count). The molecule has 0 saturated carbocycles. The lowest BCUT2D eigenvalue weighted by molar-refractivity contribution is -0.115. The lowest BCUT2D eigenvalue weighted by atomic mass is 10.1. The zero-order valence-electron chi connectivity index (χ0n) is 10.4. The van der Waals surface area contributed by atoms with Crippen molar-refractivity contribution in [2.24, 2.45) is 0 Å². The molecule has 1 aromatic carbocycles. The first-order chi connectivity index (χ1) is 9.17. The van der Waals surface area contributed by atoms with Crippen LogP contribution in [0.25, 0.3) is 0 Å². The molecule has 19 heavy (non-hydrogen) atoms. The van der Waals surface area contributed by atoms with Gasteiger partial charge in [-0.15, -0.1) is 0 Å². The van der Waals surface area contributed by atoms with Crippen LogP contribution in [0.5, 0.6) is 5.75 Å². The molecule has 98 valence electrons. The van der Waals surface area contributed by atoms with Crippen molar-refractivity contribution < 1.29 is 9.53 Å². The van der Waals surface area contributed by atoms with E-state index in [1.807, 2.05) is 24.3 Å². The van der Waals surface area contributed by atoms with Gasteiger partial charge in [0.25, 0.3) is 0 Å². The number of nitrogens with zero attached hydrogens (tertiary/aromatic N) is 1. The van der Waals surface area contributed by atoms with Crippen LogP contribution < -0.4 is 10.1 Å². The first-order valence-electron chi connectivity index (χ1n) is 5.71. The molecule has 0 atom stereocenters. The van der Waals surface area contributed by atoms with Crippen LogP contribution >= 0.6 is 11.6 Å². The average molecular weight is 277 g/mol. The highest BCUT2D eigenvalue weighted by atomic mass is 35.5. The first kappa shape index (κ1) is 13.4. The number of carbonyl (C=O) groups is 1. The van der Waals surface area contributed by atoms with Crippen molar-refractivity contribution >= 4 is 23.2 Å². The highest BCUT2D eigenvalue weighted by Gasteiger charge is 2.05. The van der Waals surface area contributed by atoms with E-state index in [9.17, 15) is 4.79 Å². The molecule has 0 aliphatic carbocycles. The maximum Gasteiger partial charge on any atom is 0.228 e. The Balaban J connectivity index is 1.97. The molecular weight excluding hydrogens is 264 g/mol. The van der Waals surface area contributed by atoms with Gasteiger partial charge in [-0.2, -0.15) is 0 Å². The highest BCUT2D eigenvalue weighted by molar-refractivity contribution is 6.30. The third kappa shape index (κ3) is 3.96. The van der Waals surface area contributed by atoms with Crippen LogP contribution in [0.2, 0.25) is 5.02 Å². The number of hydrogen-bond acceptors (Lipinski definition) is 3. The van der Waals surface area contributed by atoms with Crippen LogP contribution in [0, 0.1) is 0 Å². The topological polar surface area (TPSA) is 51.2 Å². The number of halogens is 1. The summed E-state index contributed by atoms with van der Waals surface area (Å²) >= 11 is 5.79. The standard InChI is InChI=1S/C14H13ClN2O2/c1-19-13-4-2-10(3-5-13)6-14(18)17-12-7-11(15)8-16-9-12/h2-5,7-9H,6H2,1H3,(H,17,18). The molecule has 0 aliphatic rings. The number of nitrogens with one attached hydrogen (secondary N) is 1. The quantitative estimate of drug-likeness (QED) is 0.934. The van der Waals surface area contributed by atoms with Gasteiger partial charge in [0.2, 0.25) is 5.91 Å². The SMILES string of the molecule is COc1ccc(CC(=O)Nc2cncc(Cl)c2)cc1. The molecule has 2 aromatic rings. The lowest BCUT2D eigenvalue weighted by Crippen LogP contribution is -2.14. The molecule has 0 unspecified atom stereocenters. The van der Waals surface area contributed by atoms with E-state index in [0.717, 1.165) is 11.3 Å². The van der Waals surface area contributed by atoms with E-state index in [-0.39, 0.29) is 12.3 Å². The van der Waals surface area contributed by atoms with Crippen molar-refractivity contribution in [3.8, 4) is 5.75 Å². The Morgan fingerprint density at radius 2 is 2.05 bits per heavy atom. The molecule has 0 bridgehead atoms. The molecule has 1 N–H and O–H groups in total. The Hall–Kier alpha value is -2.07. The fraction of sp³-hybridized carbons (Fsp3) is 0.143. The third-order valence-electron chi connectivity index (χ3n) is 2.51. The molecular formula is C14H13ClN2O2. The predicted molar refractivity (Wildman–Crippen MR) is 74.6 cm³/mol. The van der Waals surface area contributed by atoms with E-state index in [1.54, 1.807) is 19.4 Å². The van der Waals surface area contributed by atoms with E-state index >= 15 is 0 Å². The molecule has 4 nitrogen and oxygen atoms in total. The molecule has 0 saturated heterocycles. The Labute approximate surface area is 116 Å². The number of aromatic nitrogens is 1. The molecule has 0 radical (unpaired) electrons. The van der Waals surface area contributed by atoms with E-state index < -0.39 is 0 Å². The van der Waals surface area contributed by atoms with Crippen molar-refractivity contribution in [3.63, 3.8) is 0 Å². The number of methoxy groups -OCH3 is 1. The number of anilines is 1. The summed E-state index contributed by atoms with van der Waals surface area (Å²) in [7, 11) is 1.61. The van der Waals surface area contributed by atoms with Crippen LogP contribution in [0.1, 0.15) is 5.56 Å². The van der Waals surface area contributed by atoms with Crippen molar-refractivity contribution in [1.82, 2.24) is 4.98 Å². The van der Waals surface area contributed by atoms with Crippen molar-refractivity contribution in [2.45, 2.75) is 6.42 Å². The minimum absolute atomic E-state index is 0.116. The smallest absolute Gasteiger partial charge is 0.228 e. The van der Waals surface area contributed by atoms with Gasteiger partial charge in [-0.25, -0.2) is 0 Å². The minimum atomic E-state index is -0.116. The Kier molecular flexibility index (Phi) is 4.36. The maximum atomic E-state index is 11.8. The summed E-state index contributed by atoms with van der Waals surface area (Å²) in [6, 6.07) is 9.01. The molecule has 0 spiro atoms. The van der Waals surface area contributed by atoms with E-state index in [2.05, 4.69) is 10.3 Å². The van der Waals surface area contributed by atoms with Crippen LogP contribution in [-0.2, 0) is 11.2 Å². The van der Waals surface area contributed by atoms with Crippen molar-refractivity contribution in [3.05, 3.63) is 53.3 Å². The highest BCUT2D eigenvalue weighted by Crippen LogP contribution is 2.14. The van der Waals surface area contributed by atoms with Gasteiger partial charge in [-0.3, -0.25) is 9.78 Å². The zero-order valence-corrected chi connectivity index (χ0v) is 11.1. The van der Waals surface area contributed by atoms with Gasteiger partial charge in [-0.05, 0) is 23.8 Å². The summed E-state index contributed by atoms with van der Waals surface area (Å²) in [4.78, 5) is 15.7. The summed E-state index contributed by atoms with van der Waals surface area (Å²) in [5.74, 6) is 0.650. The summed E-state index contributed by atoms with van der Waals surface area (Å²) in [5, 5.41) is 3.23. The Bertz CT molecular complexity index is 570. The van der Waals surface area contributed by atoms with Crippen LogP contribution in [0.3, 0.4) is 0 Å². The monoisotopic (exact) mass is 276 g/mol. The molecule has 1 heterocycles. The number of rotatable bonds is 4. The summed E-state index contributed by atoms with van der Waals surface area (Å²) in [6.07, 6.45) is 3.36. The lowest BCUT2D eigenvalue weighted by Gasteiger charge is -2.06. The average Bonchev–Trinajstić information content (AvgIpc) is 2.39. The number of ether oxygens (including phenoxy) is 1. The first-order valence-corrected chi connectivity index (χ1v) is 6.08. The second kappa shape index (κ2) is 6.20. The number of carbonyl (C=O) groups excluding carboxylic acids is 1. The fourth-order valence-corrected chi connectivity index (χ4v) is 1.79. The Morgan fingerprint density at radius 1 is 1.32 bits per heavy atom. The van der Waals surface area contributed by atoms with E-state index in [0.29, 0.717) is 10.7 Å². The second-order valence-electron chi connectivity index (χ2n) is 3.96. The van der Waals surface area contributed by atoms with Gasteiger partial charge in [0.05, 0.1) is 30.4 Å². The van der Waals surface area contributed by atoms with Gasteiger partial charge in [0.1, 0.15) is 5.75 Å². The summed E-state index contributed by atoms with van der Waals surface area (Å²) in [6.45, 7) is 0. The van der Waals surface area contributed by atoms with Gasteiger partial charge in [0.15, 0.2) is 0 Å². The van der Waals surface area contributed by atoms with Gasteiger partial charge < -0.3 is 10.1 Å². The summed E-state index contributed by atoms with van der Waals surface area (Å²) in [5.41, 5.74) is 1.50. The summed E-state index contributed by atoms with van der Waals surface area (Å²) < 4.78 is 5.06. The third-order valence-corrected chi connectivity index (χ3v) is 2.72. The van der Waals surface area contributed by atoms with Crippen LogP contribution in [0.4, 0.5) is 5.69 Å². The minimum Gasteiger partial charge on any atom is -0.497 e. The molecule has 1 amide bonds. The van der Waals surface area contributed by atoms with Crippen molar-refractivity contribution in [1.29, 1.82) is 0 Å². The molecule has 1 aromatic heterocycles. The molecule has 5 heteroatoms. The van der Waals surface area contributed by atoms with E-state index in [4.69, 9.17) is 16.3 Å². The number of hydrogen-bond donors (Lipinski definition) is 1. The van der Waals surface area contributed by atoms with Gasteiger partial charge in [0, 0.05) is 6.20 Å². The number of benzene rings is 1. The second-order valence-corrected chi connectivity index (χ2v) is 4.40. The maximum absolute atomic E-state index is 11.8. The van der Waals surface area contributed by atoms with Gasteiger partial charge in [-0.1, -0.05) is 23.7 Å². The fourth-order valence-electron chi connectivity index (χ4n) is 1.61. The normalized spacial score (nSPS) is 10.0. The van der Waals surface area contributed by atoms with Crippen LogP contribution in [-0.4, -0.2) is 18.0 Å². The molecule has 0 aliphatic heterocycles. The van der Waals surface area contributed by atoms with Gasteiger partial charge >= 0.3 is 0 Å². The predicted octanol–water partition coefficient (Wildman–Crippen LogP) is 2.92. The number of amides is 1. The van der Waals surface area contributed by atoms with E-state index in [1.165, 1.54) is 6.20 Å². The largest absolute Gasteiger partial charge is 0.497 e. The van der Waals surface area contributed by atoms with Crippen LogP contribution in [0.15, 0.2) is 42.7 Å². The Morgan fingerprint density at radius 3 is 2.68 bits per heavy atom.